The summed E-state index contributed by atoms with van der Waals surface area (Å²) in [6, 6.07) is 4.64. The van der Waals surface area contributed by atoms with Crippen LogP contribution in [-0.4, -0.2) is 31.6 Å². The molecule has 0 spiro atoms. The molecule has 1 aliphatic rings. The molecule has 0 aromatic heterocycles. The molecule has 2 rings (SSSR count). The summed E-state index contributed by atoms with van der Waals surface area (Å²) >= 11 is 0. The highest BCUT2D eigenvalue weighted by Crippen LogP contribution is 2.22. The summed E-state index contributed by atoms with van der Waals surface area (Å²) in [5, 5.41) is 3.48. The second-order valence-electron chi connectivity index (χ2n) is 5.21. The number of amides is 1. The molecular weight excluding hydrogens is 257 g/mol. The van der Waals surface area contributed by atoms with E-state index in [4.69, 9.17) is 5.73 Å². The monoisotopic (exact) mass is 279 g/mol. The van der Waals surface area contributed by atoms with Gasteiger partial charge in [-0.1, -0.05) is 6.42 Å². The van der Waals surface area contributed by atoms with Gasteiger partial charge in [-0.25, -0.2) is 4.39 Å². The lowest BCUT2D eigenvalue weighted by atomic mass is 10.0. The highest BCUT2D eigenvalue weighted by atomic mass is 19.1. The Morgan fingerprint density at radius 2 is 2.30 bits per heavy atom. The van der Waals surface area contributed by atoms with Crippen molar-refractivity contribution in [3.63, 3.8) is 0 Å². The number of halogens is 1. The lowest BCUT2D eigenvalue weighted by Crippen LogP contribution is -2.44. The molecule has 1 atom stereocenters. The number of primary amides is 1. The van der Waals surface area contributed by atoms with Gasteiger partial charge in [-0.2, -0.15) is 0 Å². The van der Waals surface area contributed by atoms with Crippen molar-refractivity contribution in [1.29, 1.82) is 0 Å². The van der Waals surface area contributed by atoms with Crippen molar-refractivity contribution in [2.24, 2.45) is 5.73 Å². The zero-order chi connectivity index (χ0) is 14.5. The molecule has 1 aromatic rings. The minimum atomic E-state index is -0.588. The molecule has 1 heterocycles. The predicted octanol–water partition coefficient (Wildman–Crippen LogP) is 1.89. The average molecular weight is 279 g/mol. The first-order valence-corrected chi connectivity index (χ1v) is 7.19. The molecule has 1 aliphatic heterocycles. The zero-order valence-corrected chi connectivity index (χ0v) is 11.9. The minimum absolute atomic E-state index is 0.252. The van der Waals surface area contributed by atoms with E-state index < -0.39 is 11.7 Å². The molecule has 20 heavy (non-hydrogen) atoms. The lowest BCUT2D eigenvalue weighted by molar-refractivity contribution is 0.1000. The van der Waals surface area contributed by atoms with Gasteiger partial charge >= 0.3 is 0 Å². The molecule has 0 radical (unpaired) electrons. The number of hydrogen-bond acceptors (Lipinski definition) is 3. The molecule has 0 bridgehead atoms. The van der Waals surface area contributed by atoms with Crippen molar-refractivity contribution in [2.75, 3.05) is 24.5 Å². The summed E-state index contributed by atoms with van der Waals surface area (Å²) in [7, 11) is 0. The Balaban J connectivity index is 2.19. The van der Waals surface area contributed by atoms with Gasteiger partial charge in [0, 0.05) is 24.8 Å². The number of carbonyl (C=O) groups is 1. The van der Waals surface area contributed by atoms with Crippen molar-refractivity contribution in [1.82, 2.24) is 5.32 Å². The van der Waals surface area contributed by atoms with Gasteiger partial charge in [0.2, 0.25) is 0 Å². The lowest BCUT2D eigenvalue weighted by Gasteiger charge is -2.32. The first-order chi connectivity index (χ1) is 9.61. The van der Waals surface area contributed by atoms with Crippen molar-refractivity contribution >= 4 is 11.6 Å². The van der Waals surface area contributed by atoms with Crippen LogP contribution in [0.1, 0.15) is 36.5 Å². The smallest absolute Gasteiger partial charge is 0.250 e. The molecule has 1 unspecified atom stereocenters. The van der Waals surface area contributed by atoms with E-state index in [-0.39, 0.29) is 5.56 Å². The van der Waals surface area contributed by atoms with E-state index in [1.807, 2.05) is 6.92 Å². The van der Waals surface area contributed by atoms with Gasteiger partial charge in [0.15, 0.2) is 0 Å². The average Bonchev–Trinajstić information content (AvgIpc) is 2.46. The molecule has 0 saturated carbocycles. The van der Waals surface area contributed by atoms with Gasteiger partial charge in [-0.05, 0) is 44.5 Å². The maximum atomic E-state index is 13.3. The fourth-order valence-electron chi connectivity index (χ4n) is 2.73. The van der Waals surface area contributed by atoms with Gasteiger partial charge in [-0.3, -0.25) is 4.79 Å². The minimum Gasteiger partial charge on any atom is -0.370 e. The number of hydrogen-bond donors (Lipinski definition) is 2. The number of carbonyl (C=O) groups excluding carboxylic acids is 1. The SMILES string of the molecule is CCN(CC1CCCCN1)c1ccc(F)cc1C(N)=O. The van der Waals surface area contributed by atoms with E-state index in [0.717, 1.165) is 26.1 Å². The van der Waals surface area contributed by atoms with E-state index in [1.54, 1.807) is 6.07 Å². The fourth-order valence-corrected chi connectivity index (χ4v) is 2.73. The fraction of sp³-hybridized carbons (Fsp3) is 0.533. The molecule has 110 valence electrons. The van der Waals surface area contributed by atoms with Gasteiger partial charge in [0.05, 0.1) is 5.56 Å². The second kappa shape index (κ2) is 6.70. The van der Waals surface area contributed by atoms with E-state index in [9.17, 15) is 9.18 Å². The van der Waals surface area contributed by atoms with Gasteiger partial charge < -0.3 is 16.0 Å². The highest BCUT2D eigenvalue weighted by Gasteiger charge is 2.19. The Bertz CT molecular complexity index is 472. The van der Waals surface area contributed by atoms with Crippen LogP contribution in [0.15, 0.2) is 18.2 Å². The number of nitrogens with two attached hydrogens (primary N) is 1. The van der Waals surface area contributed by atoms with Gasteiger partial charge in [0.1, 0.15) is 5.82 Å². The molecule has 1 fully saturated rings. The van der Waals surface area contributed by atoms with Crippen LogP contribution in [-0.2, 0) is 0 Å². The summed E-state index contributed by atoms with van der Waals surface area (Å²) in [5.41, 5.74) is 6.33. The topological polar surface area (TPSA) is 58.4 Å². The van der Waals surface area contributed by atoms with Crippen LogP contribution in [0.5, 0.6) is 0 Å². The third-order valence-corrected chi connectivity index (χ3v) is 3.80. The molecule has 5 heteroatoms. The molecular formula is C15H22FN3O. The number of benzene rings is 1. The second-order valence-corrected chi connectivity index (χ2v) is 5.21. The van der Waals surface area contributed by atoms with Gasteiger partial charge in [-0.15, -0.1) is 0 Å². The molecule has 1 amide bonds. The Labute approximate surface area is 119 Å². The van der Waals surface area contributed by atoms with Gasteiger partial charge in [0.25, 0.3) is 5.91 Å². The summed E-state index contributed by atoms with van der Waals surface area (Å²) in [6.45, 7) is 4.62. The Kier molecular flexibility index (Phi) is 4.95. The van der Waals surface area contributed by atoms with Crippen LogP contribution in [0.3, 0.4) is 0 Å². The summed E-state index contributed by atoms with van der Waals surface area (Å²) in [5.74, 6) is -1.02. The van der Waals surface area contributed by atoms with Crippen LogP contribution in [0.2, 0.25) is 0 Å². The molecule has 0 aliphatic carbocycles. The van der Waals surface area contributed by atoms with Crippen molar-refractivity contribution in [3.05, 3.63) is 29.6 Å². The Hall–Kier alpha value is -1.62. The largest absolute Gasteiger partial charge is 0.370 e. The van der Waals surface area contributed by atoms with Crippen molar-refractivity contribution in [2.45, 2.75) is 32.2 Å². The quantitative estimate of drug-likeness (QED) is 0.865. The highest BCUT2D eigenvalue weighted by molar-refractivity contribution is 5.98. The standard InChI is InChI=1S/C15H22FN3O/c1-2-19(10-12-5-3-4-8-18-12)14-7-6-11(16)9-13(14)15(17)20/h6-7,9,12,18H,2-5,8,10H2,1H3,(H2,17,20). The van der Waals surface area contributed by atoms with Crippen LogP contribution in [0.25, 0.3) is 0 Å². The summed E-state index contributed by atoms with van der Waals surface area (Å²) < 4.78 is 13.3. The van der Waals surface area contributed by atoms with Crippen molar-refractivity contribution < 1.29 is 9.18 Å². The first kappa shape index (κ1) is 14.8. The normalized spacial score (nSPS) is 18.8. The summed E-state index contributed by atoms with van der Waals surface area (Å²) in [6.07, 6.45) is 3.57. The van der Waals surface area contributed by atoms with E-state index in [1.165, 1.54) is 25.0 Å². The molecule has 4 nitrogen and oxygen atoms in total. The summed E-state index contributed by atoms with van der Waals surface area (Å²) in [4.78, 5) is 13.6. The third-order valence-electron chi connectivity index (χ3n) is 3.80. The Morgan fingerprint density at radius 3 is 2.90 bits per heavy atom. The van der Waals surface area contributed by atoms with Crippen LogP contribution < -0.4 is 16.0 Å². The molecule has 1 aromatic carbocycles. The number of nitrogens with zero attached hydrogens (tertiary/aromatic N) is 1. The predicted molar refractivity (Wildman–Crippen MR) is 78.4 cm³/mol. The number of likely N-dealkylation sites (N-methyl/N-ethyl adjacent to an activating group) is 1. The number of piperidine rings is 1. The Morgan fingerprint density at radius 1 is 1.50 bits per heavy atom. The zero-order valence-electron chi connectivity index (χ0n) is 11.9. The number of rotatable bonds is 5. The van der Waals surface area contributed by atoms with E-state index in [2.05, 4.69) is 10.2 Å². The van der Waals surface area contributed by atoms with Crippen LogP contribution >= 0.6 is 0 Å². The van der Waals surface area contributed by atoms with E-state index >= 15 is 0 Å². The van der Waals surface area contributed by atoms with Crippen molar-refractivity contribution in [3.8, 4) is 0 Å². The molecule has 3 N–H and O–H groups in total. The first-order valence-electron chi connectivity index (χ1n) is 7.19. The maximum absolute atomic E-state index is 13.3. The van der Waals surface area contributed by atoms with Crippen LogP contribution in [0.4, 0.5) is 10.1 Å². The maximum Gasteiger partial charge on any atom is 0.250 e. The van der Waals surface area contributed by atoms with E-state index in [0.29, 0.717) is 11.7 Å². The third kappa shape index (κ3) is 3.48. The molecule has 1 saturated heterocycles. The number of nitrogens with one attached hydrogen (secondary N) is 1. The van der Waals surface area contributed by atoms with Crippen LogP contribution in [0, 0.1) is 5.82 Å². The number of anilines is 1.